The fraction of sp³-hybridized carbons (Fsp3) is 0.900. The number of nitrogens with one attached hydrogen (secondary N) is 1. The Morgan fingerprint density at radius 3 is 1.95 bits per heavy atom. The van der Waals surface area contributed by atoms with Crippen molar-refractivity contribution in [2.45, 2.75) is 55.1 Å². The molecule has 0 saturated carbocycles. The fourth-order valence-electron chi connectivity index (χ4n) is 3.64. The Hall–Kier alpha value is -1.94. The minimum atomic E-state index is -1.81. The lowest BCUT2D eigenvalue weighted by Crippen LogP contribution is -2.61. The van der Waals surface area contributed by atoms with E-state index in [2.05, 4.69) is 15.3 Å². The maximum absolute atomic E-state index is 10.6. The first kappa shape index (κ1) is 34.1. The number of nitrogens with zero attached hydrogens (tertiary/aromatic N) is 3. The minimum Gasteiger partial charge on any atom is -0.394 e. The number of aliphatic hydroxyl groups is 8. The zero-order chi connectivity index (χ0) is 28.8. The summed E-state index contributed by atoms with van der Waals surface area (Å²) in [5.74, 6) is -0.0927. The second-order valence-corrected chi connectivity index (χ2v) is 8.76. The summed E-state index contributed by atoms with van der Waals surface area (Å²) < 4.78 is 10.6. The third-order valence-corrected chi connectivity index (χ3v) is 5.82. The highest BCUT2D eigenvalue weighted by Gasteiger charge is 2.46. The lowest BCUT2D eigenvalue weighted by atomic mass is 9.98. The van der Waals surface area contributed by atoms with Gasteiger partial charge in [-0.2, -0.15) is 0 Å². The Labute approximate surface area is 220 Å². The topological polar surface area (TPSA) is 324 Å². The average Bonchev–Trinajstić information content (AvgIpc) is 2.87. The molecule has 1 aliphatic heterocycles. The zero-order valence-corrected chi connectivity index (χ0v) is 21.1. The van der Waals surface area contributed by atoms with Gasteiger partial charge in [0.25, 0.3) is 0 Å². The first-order valence-corrected chi connectivity index (χ1v) is 12.1. The molecule has 0 aromatic carbocycles. The van der Waals surface area contributed by atoms with Crippen molar-refractivity contribution in [1.82, 2.24) is 10.2 Å². The Bertz CT molecular complexity index is 691. The molecule has 0 spiro atoms. The van der Waals surface area contributed by atoms with Crippen molar-refractivity contribution in [3.8, 4) is 0 Å². The van der Waals surface area contributed by atoms with Crippen LogP contribution in [0.15, 0.2) is 9.98 Å². The van der Waals surface area contributed by atoms with Crippen LogP contribution in [-0.2, 0) is 9.47 Å². The smallest absolute Gasteiger partial charge is 0.187 e. The van der Waals surface area contributed by atoms with Gasteiger partial charge in [-0.1, -0.05) is 0 Å². The molecule has 18 heteroatoms. The Morgan fingerprint density at radius 2 is 1.45 bits per heavy atom. The SMILES string of the molecule is NC(N)=NCCN(CCN=C(N)N)CCNCC(O)C(O)C(OC1O[C@H](CO)[C@H](O)[C@H](O)[C@H]1O)C(O)CO. The molecule has 0 aromatic heterocycles. The number of hydrogen-bond acceptors (Lipinski definition) is 14. The molecule has 1 saturated heterocycles. The first-order valence-electron chi connectivity index (χ1n) is 12.1. The third-order valence-electron chi connectivity index (χ3n) is 5.82. The molecule has 1 aliphatic rings. The van der Waals surface area contributed by atoms with Crippen molar-refractivity contribution >= 4 is 11.9 Å². The predicted molar refractivity (Wildman–Crippen MR) is 134 cm³/mol. The summed E-state index contributed by atoms with van der Waals surface area (Å²) in [5, 5.41) is 82.8. The number of aliphatic hydroxyl groups excluding tert-OH is 8. The molecule has 38 heavy (non-hydrogen) atoms. The van der Waals surface area contributed by atoms with E-state index in [1.165, 1.54) is 0 Å². The van der Waals surface area contributed by atoms with E-state index >= 15 is 0 Å². The quantitative estimate of drug-likeness (QED) is 0.0423. The van der Waals surface area contributed by atoms with Crippen LogP contribution in [0.25, 0.3) is 0 Å². The Balaban J connectivity index is 2.69. The molecular weight excluding hydrogens is 512 g/mol. The highest BCUT2D eigenvalue weighted by molar-refractivity contribution is 5.75. The average molecular weight is 557 g/mol. The van der Waals surface area contributed by atoms with E-state index < -0.39 is 68.3 Å². The fourth-order valence-corrected chi connectivity index (χ4v) is 3.64. The van der Waals surface area contributed by atoms with Crippen LogP contribution in [-0.4, -0.2) is 172 Å². The van der Waals surface area contributed by atoms with Gasteiger partial charge >= 0.3 is 0 Å². The predicted octanol–water partition coefficient (Wildman–Crippen LogP) is -8.32. The van der Waals surface area contributed by atoms with E-state index in [1.54, 1.807) is 0 Å². The van der Waals surface area contributed by atoms with Crippen LogP contribution in [0.2, 0.25) is 0 Å². The summed E-state index contributed by atoms with van der Waals surface area (Å²) in [6.07, 6.45) is -14.9. The number of rotatable bonds is 18. The lowest BCUT2D eigenvalue weighted by Gasteiger charge is -2.42. The molecule has 1 rings (SSSR count). The van der Waals surface area contributed by atoms with Crippen LogP contribution in [0.1, 0.15) is 0 Å². The molecule has 5 unspecified atom stereocenters. The van der Waals surface area contributed by atoms with Crippen molar-refractivity contribution < 1.29 is 50.3 Å². The number of hydrogen-bond donors (Lipinski definition) is 13. The zero-order valence-electron chi connectivity index (χ0n) is 21.1. The van der Waals surface area contributed by atoms with Crippen molar-refractivity contribution in [2.24, 2.45) is 32.9 Å². The molecule has 9 atom stereocenters. The largest absolute Gasteiger partial charge is 0.394 e. The van der Waals surface area contributed by atoms with Gasteiger partial charge in [-0.05, 0) is 0 Å². The molecule has 1 heterocycles. The van der Waals surface area contributed by atoms with Crippen LogP contribution >= 0.6 is 0 Å². The van der Waals surface area contributed by atoms with Gasteiger partial charge in [0, 0.05) is 32.7 Å². The minimum absolute atomic E-state index is 0.0463. The highest BCUT2D eigenvalue weighted by atomic mass is 16.7. The number of ether oxygens (including phenoxy) is 2. The van der Waals surface area contributed by atoms with Crippen LogP contribution in [0.5, 0.6) is 0 Å². The second-order valence-electron chi connectivity index (χ2n) is 8.76. The molecule has 18 nitrogen and oxygen atoms in total. The summed E-state index contributed by atoms with van der Waals surface area (Å²) in [6, 6.07) is 0. The van der Waals surface area contributed by atoms with Crippen molar-refractivity contribution in [1.29, 1.82) is 0 Å². The molecular formula is C20H44N8O10. The van der Waals surface area contributed by atoms with Gasteiger partial charge in [-0.15, -0.1) is 0 Å². The first-order chi connectivity index (χ1) is 17.9. The van der Waals surface area contributed by atoms with Gasteiger partial charge in [0.05, 0.1) is 32.4 Å². The Morgan fingerprint density at radius 1 is 0.868 bits per heavy atom. The maximum Gasteiger partial charge on any atom is 0.187 e. The third kappa shape index (κ3) is 11.4. The van der Waals surface area contributed by atoms with Gasteiger partial charge in [0.1, 0.15) is 42.7 Å². The van der Waals surface area contributed by atoms with Gasteiger partial charge in [-0.25, -0.2) is 0 Å². The van der Waals surface area contributed by atoms with E-state index in [1.807, 2.05) is 4.90 Å². The summed E-state index contributed by atoms with van der Waals surface area (Å²) in [5.41, 5.74) is 21.4. The molecule has 1 fully saturated rings. The molecule has 0 amide bonds. The van der Waals surface area contributed by atoms with Gasteiger partial charge < -0.3 is 78.6 Å². The number of guanidine groups is 2. The standard InChI is InChI=1S/C20H44N8O10/c21-19(22)26-2-5-28(6-3-27-20(23)24)4-1-25-7-10(31)13(33)17(11(32)8-29)38-18-16(36)15(35)14(34)12(9-30)37-18/h10-18,25,29-36H,1-9H2,(H4,21,22,26)(H4,23,24,27)/t10?,11?,12-,13?,14+,15+,16-,17?,18?/m1/s1. The molecule has 17 N–H and O–H groups in total. The van der Waals surface area contributed by atoms with E-state index in [0.29, 0.717) is 39.3 Å². The van der Waals surface area contributed by atoms with Crippen LogP contribution in [0.4, 0.5) is 0 Å². The van der Waals surface area contributed by atoms with Crippen molar-refractivity contribution in [3.63, 3.8) is 0 Å². The van der Waals surface area contributed by atoms with Crippen LogP contribution < -0.4 is 28.3 Å². The van der Waals surface area contributed by atoms with Crippen LogP contribution in [0.3, 0.4) is 0 Å². The van der Waals surface area contributed by atoms with E-state index in [4.69, 9.17) is 32.4 Å². The normalized spacial score (nSPS) is 26.9. The lowest BCUT2D eigenvalue weighted by molar-refractivity contribution is -0.327. The molecule has 224 valence electrons. The molecule has 0 aromatic rings. The van der Waals surface area contributed by atoms with E-state index in [0.717, 1.165) is 0 Å². The summed E-state index contributed by atoms with van der Waals surface area (Å²) in [7, 11) is 0. The summed E-state index contributed by atoms with van der Waals surface area (Å²) in [4.78, 5) is 9.81. The van der Waals surface area contributed by atoms with E-state index in [9.17, 15) is 40.9 Å². The molecule has 0 radical (unpaired) electrons. The molecule has 0 bridgehead atoms. The van der Waals surface area contributed by atoms with E-state index in [-0.39, 0.29) is 18.5 Å². The summed E-state index contributed by atoms with van der Waals surface area (Å²) >= 11 is 0. The number of aliphatic imine (C=N–C) groups is 2. The van der Waals surface area contributed by atoms with Crippen LogP contribution in [0, 0.1) is 0 Å². The highest BCUT2D eigenvalue weighted by Crippen LogP contribution is 2.24. The Kier molecular flexibility index (Phi) is 15.8. The maximum atomic E-state index is 10.6. The van der Waals surface area contributed by atoms with Crippen molar-refractivity contribution in [2.75, 3.05) is 59.0 Å². The van der Waals surface area contributed by atoms with Gasteiger partial charge in [0.15, 0.2) is 18.2 Å². The molecule has 0 aliphatic carbocycles. The monoisotopic (exact) mass is 556 g/mol. The number of nitrogens with two attached hydrogens (primary N) is 4. The van der Waals surface area contributed by atoms with Crippen molar-refractivity contribution in [3.05, 3.63) is 0 Å². The van der Waals surface area contributed by atoms with Gasteiger partial charge in [0.2, 0.25) is 0 Å². The summed E-state index contributed by atoms with van der Waals surface area (Å²) in [6.45, 7) is 0.695. The van der Waals surface area contributed by atoms with Gasteiger partial charge in [-0.3, -0.25) is 14.9 Å². The second kappa shape index (κ2) is 17.6.